The van der Waals surface area contributed by atoms with Crippen LogP contribution in [0.4, 0.5) is 11.1 Å². The van der Waals surface area contributed by atoms with E-state index in [1.54, 1.807) is 0 Å². The first-order valence-electron chi connectivity index (χ1n) is 4.99. The maximum atomic E-state index is 5.52. The zero-order valence-electron chi connectivity index (χ0n) is 8.60. The predicted octanol–water partition coefficient (Wildman–Crippen LogP) is 1.60. The average molecular weight is 212 g/mol. The van der Waals surface area contributed by atoms with E-state index in [2.05, 4.69) is 28.1 Å². The smallest absolute Gasteiger partial charge is 0.233 e. The molecule has 1 saturated heterocycles. The predicted molar refractivity (Wildman–Crippen MR) is 59.5 cm³/mol. The van der Waals surface area contributed by atoms with E-state index in [1.165, 1.54) is 18.0 Å². The molecule has 0 bridgehead atoms. The third-order valence-corrected chi connectivity index (χ3v) is 3.36. The van der Waals surface area contributed by atoms with Crippen molar-refractivity contribution < 1.29 is 0 Å². The molecular formula is C9H16N4S. The maximum Gasteiger partial charge on any atom is 0.233 e. The van der Waals surface area contributed by atoms with E-state index in [0.717, 1.165) is 30.1 Å². The Morgan fingerprint density at radius 3 is 2.50 bits per heavy atom. The molecule has 2 N–H and O–H groups in total. The Labute approximate surface area is 88.3 Å². The molecule has 2 heterocycles. The number of hydrogen-bond acceptors (Lipinski definition) is 5. The van der Waals surface area contributed by atoms with Gasteiger partial charge in [0.25, 0.3) is 0 Å². The molecule has 1 aromatic rings. The quantitative estimate of drug-likeness (QED) is 0.768. The number of piperidine rings is 1. The molecule has 78 valence electrons. The number of hydrogen-bond donors (Lipinski definition) is 1. The molecule has 5 heteroatoms. The zero-order valence-corrected chi connectivity index (χ0v) is 9.42. The fourth-order valence-corrected chi connectivity index (χ4v) is 2.79. The zero-order chi connectivity index (χ0) is 10.1. The second-order valence-corrected chi connectivity index (χ2v) is 5.02. The van der Waals surface area contributed by atoms with Crippen LogP contribution in [-0.4, -0.2) is 22.4 Å². The van der Waals surface area contributed by atoms with Crippen molar-refractivity contribution in [1.29, 1.82) is 0 Å². The average Bonchev–Trinajstić information content (AvgIpc) is 2.50. The molecular weight excluding hydrogens is 196 g/mol. The van der Waals surface area contributed by atoms with Gasteiger partial charge in [-0.15, -0.1) is 0 Å². The van der Waals surface area contributed by atoms with Crippen molar-refractivity contribution in [3.05, 3.63) is 0 Å². The molecule has 0 aromatic carbocycles. The van der Waals surface area contributed by atoms with Crippen molar-refractivity contribution in [3.8, 4) is 0 Å². The Balaban J connectivity index is 2.10. The Kier molecular flexibility index (Phi) is 2.58. The first-order chi connectivity index (χ1) is 6.65. The van der Waals surface area contributed by atoms with Crippen molar-refractivity contribution in [1.82, 2.24) is 9.36 Å². The lowest BCUT2D eigenvalue weighted by molar-refractivity contribution is 0.356. The Morgan fingerprint density at radius 2 is 2.00 bits per heavy atom. The maximum absolute atomic E-state index is 5.52. The molecule has 0 radical (unpaired) electrons. The van der Waals surface area contributed by atoms with Gasteiger partial charge < -0.3 is 10.6 Å². The van der Waals surface area contributed by atoms with Crippen LogP contribution in [0.2, 0.25) is 0 Å². The van der Waals surface area contributed by atoms with Gasteiger partial charge in [0, 0.05) is 24.6 Å². The highest BCUT2D eigenvalue weighted by Gasteiger charge is 2.23. The summed E-state index contributed by atoms with van der Waals surface area (Å²) in [6, 6.07) is 0. The number of nitrogens with two attached hydrogens (primary N) is 1. The van der Waals surface area contributed by atoms with Gasteiger partial charge in [-0.25, -0.2) is 0 Å². The fraction of sp³-hybridized carbons (Fsp3) is 0.778. The van der Waals surface area contributed by atoms with Crippen LogP contribution in [0, 0.1) is 11.8 Å². The van der Waals surface area contributed by atoms with Crippen LogP contribution in [0.3, 0.4) is 0 Å². The SMILES string of the molecule is CC1CC(C)CN(c2nc(N)ns2)C1. The summed E-state index contributed by atoms with van der Waals surface area (Å²) in [6.45, 7) is 6.73. The van der Waals surface area contributed by atoms with Gasteiger partial charge in [0.1, 0.15) is 0 Å². The summed E-state index contributed by atoms with van der Waals surface area (Å²) in [4.78, 5) is 6.51. The summed E-state index contributed by atoms with van der Waals surface area (Å²) >= 11 is 1.40. The molecule has 1 aromatic heterocycles. The van der Waals surface area contributed by atoms with Crippen LogP contribution in [0.25, 0.3) is 0 Å². The number of anilines is 2. The minimum atomic E-state index is 0.399. The number of nitrogen functional groups attached to an aromatic ring is 1. The van der Waals surface area contributed by atoms with Crippen LogP contribution in [0.15, 0.2) is 0 Å². The van der Waals surface area contributed by atoms with E-state index >= 15 is 0 Å². The highest BCUT2D eigenvalue weighted by Crippen LogP contribution is 2.27. The van der Waals surface area contributed by atoms with Crippen LogP contribution in [-0.2, 0) is 0 Å². The summed E-state index contributed by atoms with van der Waals surface area (Å²) in [5, 5.41) is 0.973. The Bertz CT molecular complexity index is 302. The molecule has 0 aliphatic carbocycles. The molecule has 1 aliphatic heterocycles. The number of nitrogens with zero attached hydrogens (tertiary/aromatic N) is 3. The Hall–Kier alpha value is -0.840. The topological polar surface area (TPSA) is 55.0 Å². The minimum absolute atomic E-state index is 0.399. The molecule has 2 rings (SSSR count). The van der Waals surface area contributed by atoms with Gasteiger partial charge >= 0.3 is 0 Å². The fourth-order valence-electron chi connectivity index (χ4n) is 2.17. The molecule has 1 aliphatic rings. The first-order valence-corrected chi connectivity index (χ1v) is 5.76. The van der Waals surface area contributed by atoms with Gasteiger partial charge in [-0.1, -0.05) is 13.8 Å². The van der Waals surface area contributed by atoms with E-state index in [-0.39, 0.29) is 0 Å². The standard InChI is InChI=1S/C9H16N4S/c1-6-3-7(2)5-13(4-6)9-11-8(10)12-14-9/h6-7H,3-5H2,1-2H3,(H2,10,12). The van der Waals surface area contributed by atoms with Crippen LogP contribution in [0.5, 0.6) is 0 Å². The minimum Gasteiger partial charge on any atom is -0.367 e. The van der Waals surface area contributed by atoms with Crippen molar-refractivity contribution >= 4 is 22.6 Å². The van der Waals surface area contributed by atoms with Gasteiger partial charge in [-0.05, 0) is 18.3 Å². The van der Waals surface area contributed by atoms with Crippen LogP contribution in [0.1, 0.15) is 20.3 Å². The van der Waals surface area contributed by atoms with Crippen molar-refractivity contribution in [3.63, 3.8) is 0 Å². The van der Waals surface area contributed by atoms with Crippen molar-refractivity contribution in [2.24, 2.45) is 11.8 Å². The second kappa shape index (κ2) is 3.73. The highest BCUT2D eigenvalue weighted by molar-refractivity contribution is 7.09. The molecule has 2 atom stereocenters. The Morgan fingerprint density at radius 1 is 1.36 bits per heavy atom. The summed E-state index contributed by atoms with van der Waals surface area (Å²) in [6.07, 6.45) is 1.31. The molecule has 0 saturated carbocycles. The molecule has 4 nitrogen and oxygen atoms in total. The van der Waals surface area contributed by atoms with Gasteiger partial charge in [0.05, 0.1) is 0 Å². The largest absolute Gasteiger partial charge is 0.367 e. The van der Waals surface area contributed by atoms with Gasteiger partial charge in [0.15, 0.2) is 0 Å². The van der Waals surface area contributed by atoms with E-state index in [9.17, 15) is 0 Å². The number of aromatic nitrogens is 2. The lowest BCUT2D eigenvalue weighted by Crippen LogP contribution is -2.38. The van der Waals surface area contributed by atoms with E-state index < -0.39 is 0 Å². The monoisotopic (exact) mass is 212 g/mol. The van der Waals surface area contributed by atoms with E-state index in [1.807, 2.05) is 0 Å². The van der Waals surface area contributed by atoms with Crippen molar-refractivity contribution in [2.45, 2.75) is 20.3 Å². The lowest BCUT2D eigenvalue weighted by Gasteiger charge is -2.34. The van der Waals surface area contributed by atoms with Crippen LogP contribution < -0.4 is 10.6 Å². The van der Waals surface area contributed by atoms with Gasteiger partial charge in [-0.2, -0.15) is 9.36 Å². The lowest BCUT2D eigenvalue weighted by atomic mass is 9.92. The van der Waals surface area contributed by atoms with E-state index in [0.29, 0.717) is 5.95 Å². The molecule has 2 unspecified atom stereocenters. The molecule has 1 fully saturated rings. The third-order valence-electron chi connectivity index (χ3n) is 2.57. The summed E-state index contributed by atoms with van der Waals surface area (Å²) in [5.41, 5.74) is 5.52. The number of rotatable bonds is 1. The normalized spacial score (nSPS) is 28.0. The van der Waals surface area contributed by atoms with Crippen molar-refractivity contribution in [2.75, 3.05) is 23.7 Å². The molecule has 0 spiro atoms. The summed E-state index contributed by atoms with van der Waals surface area (Å²) in [5.74, 6) is 1.88. The molecule has 14 heavy (non-hydrogen) atoms. The second-order valence-electron chi connectivity index (χ2n) is 4.29. The third kappa shape index (κ3) is 1.97. The summed E-state index contributed by atoms with van der Waals surface area (Å²) in [7, 11) is 0. The van der Waals surface area contributed by atoms with Gasteiger partial charge in [-0.3, -0.25) is 0 Å². The summed E-state index contributed by atoms with van der Waals surface area (Å²) < 4.78 is 4.01. The van der Waals surface area contributed by atoms with Gasteiger partial charge in [0.2, 0.25) is 11.1 Å². The molecule has 0 amide bonds. The van der Waals surface area contributed by atoms with Crippen LogP contribution >= 0.6 is 11.5 Å². The highest BCUT2D eigenvalue weighted by atomic mass is 32.1. The first kappa shape index (κ1) is 9.71. The van der Waals surface area contributed by atoms with E-state index in [4.69, 9.17) is 5.73 Å².